The lowest BCUT2D eigenvalue weighted by molar-refractivity contribution is -0.146. The average molecular weight is 376 g/mol. The van der Waals surface area contributed by atoms with Crippen molar-refractivity contribution in [2.24, 2.45) is 0 Å². The average Bonchev–Trinajstić information content (AvgIpc) is 2.58. The minimum Gasteiger partial charge on any atom is -0.466 e. The Morgan fingerprint density at radius 3 is 1.27 bits per heavy atom. The summed E-state index contributed by atoms with van der Waals surface area (Å²) in [6, 6.07) is 0. The molecule has 0 atom stereocenters. The first-order valence-electron chi connectivity index (χ1n) is 9.67. The molecule has 0 fully saturated rings. The Morgan fingerprint density at radius 2 is 0.962 bits per heavy atom. The summed E-state index contributed by atoms with van der Waals surface area (Å²) in [6.45, 7) is 5.36. The molecule has 0 unspecified atom stereocenters. The van der Waals surface area contributed by atoms with Gasteiger partial charge in [0.15, 0.2) is 0 Å². The van der Waals surface area contributed by atoms with Gasteiger partial charge < -0.3 is 19.7 Å². The Kier molecular flexibility index (Phi) is 21.6. The van der Waals surface area contributed by atoms with Crippen LogP contribution in [0.1, 0.15) is 90.9 Å². The predicted octanol–water partition coefficient (Wildman–Crippen LogP) is 5.02. The van der Waals surface area contributed by atoms with E-state index in [2.05, 4.69) is 13.8 Å². The lowest BCUT2D eigenvalue weighted by Crippen LogP contribution is -2.08. The fraction of sp³-hybridized carbons (Fsp3) is 0.842. The zero-order chi connectivity index (χ0) is 20.0. The maximum Gasteiger partial charge on any atom is 0.503 e. The fourth-order valence-electron chi connectivity index (χ4n) is 2.11. The van der Waals surface area contributed by atoms with E-state index in [0.717, 1.165) is 25.7 Å². The lowest BCUT2D eigenvalue weighted by atomic mass is 10.2. The van der Waals surface area contributed by atoms with E-state index < -0.39 is 6.16 Å². The molecule has 0 spiro atoms. The van der Waals surface area contributed by atoms with Crippen molar-refractivity contribution in [1.82, 2.24) is 0 Å². The molecule has 0 aliphatic rings. The molecule has 26 heavy (non-hydrogen) atoms. The predicted molar refractivity (Wildman–Crippen MR) is 99.3 cm³/mol. The molecule has 0 amide bonds. The highest BCUT2D eigenvalue weighted by Gasteiger charge is 2.06. The van der Waals surface area contributed by atoms with Crippen LogP contribution in [0.5, 0.6) is 0 Å². The second kappa shape index (κ2) is 21.3. The van der Waals surface area contributed by atoms with Crippen molar-refractivity contribution in [3.63, 3.8) is 0 Å². The highest BCUT2D eigenvalue weighted by atomic mass is 16.6. The topological polar surface area (TPSA) is 110 Å². The maximum absolute atomic E-state index is 11.5. The van der Waals surface area contributed by atoms with Crippen molar-refractivity contribution in [3.05, 3.63) is 0 Å². The van der Waals surface area contributed by atoms with Gasteiger partial charge in [0.05, 0.1) is 13.2 Å². The third-order valence-corrected chi connectivity index (χ3v) is 3.53. The molecule has 0 aliphatic heterocycles. The van der Waals surface area contributed by atoms with E-state index in [9.17, 15) is 9.59 Å². The number of hydrogen-bond acceptors (Lipinski definition) is 5. The number of hydrogen-bond donors (Lipinski definition) is 2. The fourth-order valence-corrected chi connectivity index (χ4v) is 2.11. The van der Waals surface area contributed by atoms with E-state index in [-0.39, 0.29) is 11.9 Å². The minimum absolute atomic E-state index is 0.149. The van der Waals surface area contributed by atoms with Crippen molar-refractivity contribution < 1.29 is 34.1 Å². The van der Waals surface area contributed by atoms with E-state index in [1.807, 2.05) is 0 Å². The van der Waals surface area contributed by atoms with Crippen molar-refractivity contribution in [1.29, 1.82) is 0 Å². The molecular weight excluding hydrogens is 340 g/mol. The van der Waals surface area contributed by atoms with Crippen LogP contribution < -0.4 is 0 Å². The summed E-state index contributed by atoms with van der Waals surface area (Å²) < 4.78 is 10.3. The van der Waals surface area contributed by atoms with Gasteiger partial charge >= 0.3 is 18.1 Å². The Bertz CT molecular complexity index is 324. The summed E-state index contributed by atoms with van der Waals surface area (Å²) in [6.07, 6.45) is 9.24. The third kappa shape index (κ3) is 27.1. The van der Waals surface area contributed by atoms with E-state index in [0.29, 0.717) is 38.9 Å². The van der Waals surface area contributed by atoms with Crippen molar-refractivity contribution in [2.75, 3.05) is 13.2 Å². The van der Waals surface area contributed by atoms with Gasteiger partial charge in [0, 0.05) is 12.8 Å². The highest BCUT2D eigenvalue weighted by molar-refractivity contribution is 5.70. The smallest absolute Gasteiger partial charge is 0.466 e. The first kappa shape index (κ1) is 26.4. The van der Waals surface area contributed by atoms with Crippen LogP contribution in [0.4, 0.5) is 4.79 Å². The van der Waals surface area contributed by atoms with Gasteiger partial charge in [0.2, 0.25) is 0 Å². The number of esters is 2. The largest absolute Gasteiger partial charge is 0.503 e. The Balaban J connectivity index is 0. The number of carbonyl (C=O) groups excluding carboxylic acids is 2. The van der Waals surface area contributed by atoms with E-state index >= 15 is 0 Å². The summed E-state index contributed by atoms with van der Waals surface area (Å²) in [7, 11) is 0. The van der Waals surface area contributed by atoms with Gasteiger partial charge in [-0.3, -0.25) is 9.59 Å². The molecule has 0 aromatic heterocycles. The first-order chi connectivity index (χ1) is 12.4. The molecule has 0 aliphatic carbocycles. The monoisotopic (exact) mass is 376 g/mol. The molecule has 0 saturated carbocycles. The molecule has 154 valence electrons. The number of carbonyl (C=O) groups is 3. The third-order valence-electron chi connectivity index (χ3n) is 3.53. The molecule has 0 radical (unpaired) electrons. The van der Waals surface area contributed by atoms with E-state index in [4.69, 9.17) is 24.5 Å². The second-order valence-corrected chi connectivity index (χ2v) is 6.05. The number of carboxylic acid groups (broad SMARTS) is 2. The summed E-state index contributed by atoms with van der Waals surface area (Å²) in [5.41, 5.74) is 0. The van der Waals surface area contributed by atoms with Crippen LogP contribution in [0.2, 0.25) is 0 Å². The zero-order valence-electron chi connectivity index (χ0n) is 16.3. The molecule has 0 aromatic rings. The molecular formula is C19H36O7. The Hall–Kier alpha value is -1.79. The Labute approximate surface area is 157 Å². The molecule has 0 aromatic carbocycles. The number of rotatable bonds is 15. The molecule has 0 bridgehead atoms. The van der Waals surface area contributed by atoms with Gasteiger partial charge in [-0.05, 0) is 25.7 Å². The van der Waals surface area contributed by atoms with Crippen molar-refractivity contribution >= 4 is 18.1 Å². The quantitative estimate of drug-likeness (QED) is 0.305. The van der Waals surface area contributed by atoms with E-state index in [1.54, 1.807) is 0 Å². The van der Waals surface area contributed by atoms with Gasteiger partial charge in [0.1, 0.15) is 0 Å². The summed E-state index contributed by atoms with van der Waals surface area (Å²) in [5.74, 6) is -0.297. The summed E-state index contributed by atoms with van der Waals surface area (Å²) >= 11 is 0. The Morgan fingerprint density at radius 1 is 0.615 bits per heavy atom. The molecule has 0 heterocycles. The molecule has 7 nitrogen and oxygen atoms in total. The molecule has 0 saturated heterocycles. The minimum atomic E-state index is -1.83. The molecule has 0 rings (SSSR count). The van der Waals surface area contributed by atoms with E-state index in [1.165, 1.54) is 25.7 Å². The van der Waals surface area contributed by atoms with Crippen LogP contribution in [0.25, 0.3) is 0 Å². The highest BCUT2D eigenvalue weighted by Crippen LogP contribution is 2.05. The van der Waals surface area contributed by atoms with Gasteiger partial charge in [-0.2, -0.15) is 0 Å². The summed E-state index contributed by atoms with van der Waals surface area (Å²) in [5, 5.41) is 13.9. The SMILES string of the molecule is CCCCCCOC(=O)CCCCC(=O)OCCCCCC.O=C(O)O. The van der Waals surface area contributed by atoms with Crippen LogP contribution in [0.15, 0.2) is 0 Å². The van der Waals surface area contributed by atoms with Gasteiger partial charge in [0.25, 0.3) is 0 Å². The van der Waals surface area contributed by atoms with Crippen molar-refractivity contribution in [2.45, 2.75) is 90.9 Å². The van der Waals surface area contributed by atoms with Gasteiger partial charge in [-0.1, -0.05) is 52.4 Å². The normalized spacial score (nSPS) is 9.77. The number of unbranched alkanes of at least 4 members (excludes halogenated alkanes) is 7. The van der Waals surface area contributed by atoms with Crippen LogP contribution in [-0.4, -0.2) is 41.5 Å². The van der Waals surface area contributed by atoms with Crippen LogP contribution in [-0.2, 0) is 19.1 Å². The van der Waals surface area contributed by atoms with Gasteiger partial charge in [-0.15, -0.1) is 0 Å². The van der Waals surface area contributed by atoms with Gasteiger partial charge in [-0.25, -0.2) is 4.79 Å². The summed E-state index contributed by atoms with van der Waals surface area (Å²) in [4.78, 5) is 31.5. The van der Waals surface area contributed by atoms with Crippen LogP contribution in [0, 0.1) is 0 Å². The first-order valence-corrected chi connectivity index (χ1v) is 9.67. The van der Waals surface area contributed by atoms with Crippen LogP contribution in [0.3, 0.4) is 0 Å². The molecule has 2 N–H and O–H groups in total. The van der Waals surface area contributed by atoms with Crippen molar-refractivity contribution in [3.8, 4) is 0 Å². The van der Waals surface area contributed by atoms with Crippen LogP contribution >= 0.6 is 0 Å². The standard InChI is InChI=1S/C18H34O4.CH2O3/c1-3-5-7-11-15-21-17(19)13-9-10-14-18(20)22-16-12-8-6-4-2;2-1(3)4/h3-16H2,1-2H3;(H2,2,3,4). The zero-order valence-corrected chi connectivity index (χ0v) is 16.3. The number of ether oxygens (including phenoxy) is 2. The second-order valence-electron chi connectivity index (χ2n) is 6.05. The lowest BCUT2D eigenvalue weighted by Gasteiger charge is -2.05. The maximum atomic E-state index is 11.5. The molecule has 7 heteroatoms.